The molecule has 0 aromatic carbocycles. The van der Waals surface area contributed by atoms with Gasteiger partial charge in [0.15, 0.2) is 0 Å². The van der Waals surface area contributed by atoms with Crippen molar-refractivity contribution < 1.29 is 0 Å². The van der Waals surface area contributed by atoms with Crippen LogP contribution >= 0.6 is 11.3 Å². The van der Waals surface area contributed by atoms with Crippen LogP contribution in [0.25, 0.3) is 10.6 Å². The fourth-order valence-corrected chi connectivity index (χ4v) is 2.80. The van der Waals surface area contributed by atoms with E-state index in [1.54, 1.807) is 11.3 Å². The highest BCUT2D eigenvalue weighted by atomic mass is 32.1. The zero-order valence-corrected chi connectivity index (χ0v) is 11.5. The molecule has 1 unspecified atom stereocenters. The molecule has 1 N–H and O–H groups in total. The maximum absolute atomic E-state index is 4.68. The van der Waals surface area contributed by atoms with Gasteiger partial charge in [0.05, 0.1) is 17.0 Å². The summed E-state index contributed by atoms with van der Waals surface area (Å²) in [5.74, 6) is 0. The molecule has 0 aliphatic rings. The van der Waals surface area contributed by atoms with E-state index in [0.29, 0.717) is 6.04 Å². The molecule has 5 heteroatoms. The van der Waals surface area contributed by atoms with Crippen LogP contribution in [0.1, 0.15) is 31.3 Å². The number of thiazole rings is 1. The van der Waals surface area contributed by atoms with Gasteiger partial charge >= 0.3 is 0 Å². The number of aryl methyl sites for hydroxylation is 2. The van der Waals surface area contributed by atoms with Crippen LogP contribution in [0.2, 0.25) is 0 Å². The van der Waals surface area contributed by atoms with Crippen LogP contribution in [0, 0.1) is 6.92 Å². The molecule has 2 heterocycles. The normalized spacial score (nSPS) is 12.9. The van der Waals surface area contributed by atoms with Gasteiger partial charge in [-0.05, 0) is 20.4 Å². The van der Waals surface area contributed by atoms with Crippen LogP contribution in [-0.4, -0.2) is 21.3 Å². The van der Waals surface area contributed by atoms with Crippen LogP contribution in [0.15, 0.2) is 11.6 Å². The number of nitrogens with zero attached hydrogens (tertiary/aromatic N) is 3. The van der Waals surface area contributed by atoms with Crippen molar-refractivity contribution in [2.24, 2.45) is 7.05 Å². The predicted molar refractivity (Wildman–Crippen MR) is 71.1 cm³/mol. The van der Waals surface area contributed by atoms with Gasteiger partial charge in [-0.2, -0.15) is 5.10 Å². The van der Waals surface area contributed by atoms with Gasteiger partial charge in [-0.15, -0.1) is 11.3 Å². The zero-order valence-electron chi connectivity index (χ0n) is 10.7. The fourth-order valence-electron chi connectivity index (χ4n) is 1.83. The van der Waals surface area contributed by atoms with Gasteiger partial charge in [0.1, 0.15) is 5.01 Å². The van der Waals surface area contributed by atoms with Gasteiger partial charge in [0, 0.05) is 24.7 Å². The van der Waals surface area contributed by atoms with Crippen LogP contribution in [0.3, 0.4) is 0 Å². The Morgan fingerprint density at radius 3 is 2.88 bits per heavy atom. The molecule has 0 bridgehead atoms. The van der Waals surface area contributed by atoms with Crippen molar-refractivity contribution in [3.63, 3.8) is 0 Å². The Morgan fingerprint density at radius 1 is 1.53 bits per heavy atom. The number of rotatable bonds is 4. The highest BCUT2D eigenvalue weighted by Gasteiger charge is 2.13. The Balaban J connectivity index is 2.26. The van der Waals surface area contributed by atoms with E-state index in [1.807, 2.05) is 24.9 Å². The Hall–Kier alpha value is -1.20. The maximum Gasteiger partial charge on any atom is 0.127 e. The van der Waals surface area contributed by atoms with Crippen molar-refractivity contribution in [1.82, 2.24) is 20.1 Å². The molecule has 92 valence electrons. The minimum Gasteiger partial charge on any atom is -0.309 e. The molecule has 0 aliphatic heterocycles. The lowest BCUT2D eigenvalue weighted by atomic mass is 10.2. The van der Waals surface area contributed by atoms with Crippen molar-refractivity contribution in [2.45, 2.75) is 26.8 Å². The lowest BCUT2D eigenvalue weighted by molar-refractivity contribution is 0.587. The number of hydrogen-bond acceptors (Lipinski definition) is 4. The van der Waals surface area contributed by atoms with Crippen molar-refractivity contribution in [2.75, 3.05) is 6.54 Å². The van der Waals surface area contributed by atoms with Crippen LogP contribution in [0.4, 0.5) is 0 Å². The molecule has 2 rings (SSSR count). The van der Waals surface area contributed by atoms with Crippen molar-refractivity contribution >= 4 is 11.3 Å². The van der Waals surface area contributed by atoms with Gasteiger partial charge in [-0.1, -0.05) is 6.92 Å². The first kappa shape index (κ1) is 12.3. The van der Waals surface area contributed by atoms with E-state index in [2.05, 4.69) is 34.6 Å². The van der Waals surface area contributed by atoms with Crippen molar-refractivity contribution in [3.8, 4) is 10.6 Å². The van der Waals surface area contributed by atoms with E-state index in [9.17, 15) is 0 Å². The lowest BCUT2D eigenvalue weighted by Gasteiger charge is -2.07. The smallest absolute Gasteiger partial charge is 0.127 e. The summed E-state index contributed by atoms with van der Waals surface area (Å²) in [5.41, 5.74) is 3.27. The highest BCUT2D eigenvalue weighted by Crippen LogP contribution is 2.27. The van der Waals surface area contributed by atoms with Crippen LogP contribution in [0.5, 0.6) is 0 Å². The minimum atomic E-state index is 0.307. The summed E-state index contributed by atoms with van der Waals surface area (Å²) in [6, 6.07) is 0.307. The first-order valence-electron chi connectivity index (χ1n) is 5.81. The van der Waals surface area contributed by atoms with Gasteiger partial charge in [0.2, 0.25) is 0 Å². The monoisotopic (exact) mass is 250 g/mol. The Kier molecular flexibility index (Phi) is 3.59. The predicted octanol–water partition coefficient (Wildman–Crippen LogP) is 2.52. The highest BCUT2D eigenvalue weighted by molar-refractivity contribution is 7.13. The summed E-state index contributed by atoms with van der Waals surface area (Å²) < 4.78 is 1.83. The molecule has 4 nitrogen and oxygen atoms in total. The largest absolute Gasteiger partial charge is 0.309 e. The van der Waals surface area contributed by atoms with E-state index in [1.165, 1.54) is 0 Å². The molecule has 2 aromatic heterocycles. The molecule has 2 aromatic rings. The molecule has 17 heavy (non-hydrogen) atoms. The number of nitrogens with one attached hydrogen (secondary N) is 1. The standard InChI is InChI=1S/C12H18N4S/c1-5-13-9(3)11-7-17-12(14-11)10-6-16(4)15-8(10)2/h6-7,9,13H,5H2,1-4H3. The average molecular weight is 250 g/mol. The molecule has 0 fully saturated rings. The van der Waals surface area contributed by atoms with Gasteiger partial charge in [-0.25, -0.2) is 4.98 Å². The lowest BCUT2D eigenvalue weighted by Crippen LogP contribution is -2.17. The van der Waals surface area contributed by atoms with E-state index in [-0.39, 0.29) is 0 Å². The maximum atomic E-state index is 4.68. The fraction of sp³-hybridized carbons (Fsp3) is 0.500. The minimum absolute atomic E-state index is 0.307. The molecule has 0 aliphatic carbocycles. The van der Waals surface area contributed by atoms with Crippen molar-refractivity contribution in [1.29, 1.82) is 0 Å². The zero-order chi connectivity index (χ0) is 12.4. The van der Waals surface area contributed by atoms with E-state index in [0.717, 1.165) is 28.5 Å². The molecular formula is C12H18N4S. The summed E-state index contributed by atoms with van der Waals surface area (Å²) in [6.45, 7) is 7.22. The third kappa shape index (κ3) is 2.56. The molecule has 0 saturated carbocycles. The van der Waals surface area contributed by atoms with Crippen molar-refractivity contribution in [3.05, 3.63) is 23.0 Å². The van der Waals surface area contributed by atoms with Gasteiger partial charge in [-0.3, -0.25) is 4.68 Å². The van der Waals surface area contributed by atoms with E-state index in [4.69, 9.17) is 0 Å². The summed E-state index contributed by atoms with van der Waals surface area (Å²) in [5, 5.41) is 10.9. The Labute approximate surface area is 106 Å². The SMILES string of the molecule is CCNC(C)c1csc(-c2cn(C)nc2C)n1. The second-order valence-corrected chi connectivity index (χ2v) is 5.02. The average Bonchev–Trinajstić information content (AvgIpc) is 2.85. The number of hydrogen-bond donors (Lipinski definition) is 1. The summed E-state index contributed by atoms with van der Waals surface area (Å²) in [6.07, 6.45) is 2.02. The van der Waals surface area contributed by atoms with E-state index < -0.39 is 0 Å². The topological polar surface area (TPSA) is 42.7 Å². The summed E-state index contributed by atoms with van der Waals surface area (Å²) in [4.78, 5) is 4.68. The number of aromatic nitrogens is 3. The Bertz CT molecular complexity index is 500. The quantitative estimate of drug-likeness (QED) is 0.906. The Morgan fingerprint density at radius 2 is 2.29 bits per heavy atom. The molecule has 0 saturated heterocycles. The molecule has 0 radical (unpaired) electrons. The molecule has 0 spiro atoms. The van der Waals surface area contributed by atoms with Crippen LogP contribution < -0.4 is 5.32 Å². The second-order valence-electron chi connectivity index (χ2n) is 4.16. The first-order chi connectivity index (χ1) is 8.11. The third-order valence-electron chi connectivity index (χ3n) is 2.72. The summed E-state index contributed by atoms with van der Waals surface area (Å²) in [7, 11) is 1.94. The molecule has 1 atom stereocenters. The van der Waals surface area contributed by atoms with Crippen LogP contribution in [-0.2, 0) is 7.05 Å². The second kappa shape index (κ2) is 4.98. The van der Waals surface area contributed by atoms with E-state index >= 15 is 0 Å². The first-order valence-corrected chi connectivity index (χ1v) is 6.69. The summed E-state index contributed by atoms with van der Waals surface area (Å²) >= 11 is 1.68. The third-order valence-corrected chi connectivity index (χ3v) is 3.61. The molecular weight excluding hydrogens is 232 g/mol. The molecule has 0 amide bonds. The van der Waals surface area contributed by atoms with Gasteiger partial charge in [0.25, 0.3) is 0 Å². The van der Waals surface area contributed by atoms with Gasteiger partial charge < -0.3 is 5.32 Å².